The highest BCUT2D eigenvalue weighted by molar-refractivity contribution is 4.57. The van der Waals surface area contributed by atoms with E-state index in [2.05, 4.69) is 19.2 Å². The van der Waals surface area contributed by atoms with Crippen molar-refractivity contribution in [1.82, 2.24) is 5.32 Å². The summed E-state index contributed by atoms with van der Waals surface area (Å²) in [6, 6.07) is 0.535. The summed E-state index contributed by atoms with van der Waals surface area (Å²) in [4.78, 5) is 0. The number of hydrogen-bond donors (Lipinski definition) is 1. The van der Waals surface area contributed by atoms with Crippen molar-refractivity contribution in [2.75, 3.05) is 46.7 Å². The van der Waals surface area contributed by atoms with Gasteiger partial charge in [0.2, 0.25) is 0 Å². The Bertz CT molecular complexity index is 133. The van der Waals surface area contributed by atoms with Crippen LogP contribution in [0.15, 0.2) is 0 Å². The first-order chi connectivity index (χ1) is 7.81. The second-order valence-electron chi connectivity index (χ2n) is 3.82. The summed E-state index contributed by atoms with van der Waals surface area (Å²) in [5.74, 6) is 0. The predicted octanol–water partition coefficient (Wildman–Crippen LogP) is 1.44. The van der Waals surface area contributed by atoms with Gasteiger partial charge < -0.3 is 19.5 Å². The van der Waals surface area contributed by atoms with Gasteiger partial charge in [0.1, 0.15) is 0 Å². The molecule has 0 spiro atoms. The summed E-state index contributed by atoms with van der Waals surface area (Å²) in [6.07, 6.45) is 2.01. The van der Waals surface area contributed by atoms with E-state index >= 15 is 0 Å². The SMILES string of the molecule is CCNC(C)CCOCCOCCCOC. The first kappa shape index (κ1) is 15.8. The Labute approximate surface area is 99.6 Å². The van der Waals surface area contributed by atoms with Crippen LogP contribution >= 0.6 is 0 Å². The molecule has 4 heteroatoms. The monoisotopic (exact) mass is 233 g/mol. The van der Waals surface area contributed by atoms with Gasteiger partial charge in [0.25, 0.3) is 0 Å². The summed E-state index contributed by atoms with van der Waals surface area (Å²) >= 11 is 0. The van der Waals surface area contributed by atoms with E-state index in [0.717, 1.165) is 39.2 Å². The largest absolute Gasteiger partial charge is 0.385 e. The van der Waals surface area contributed by atoms with Gasteiger partial charge in [-0.15, -0.1) is 0 Å². The third kappa shape index (κ3) is 11.9. The van der Waals surface area contributed by atoms with Crippen LogP contribution in [0.3, 0.4) is 0 Å². The Morgan fingerprint density at radius 2 is 1.69 bits per heavy atom. The molecular formula is C12H27NO3. The normalized spacial score (nSPS) is 12.9. The molecule has 16 heavy (non-hydrogen) atoms. The van der Waals surface area contributed by atoms with Crippen LogP contribution in [0.4, 0.5) is 0 Å². The van der Waals surface area contributed by atoms with Crippen molar-refractivity contribution in [2.45, 2.75) is 32.7 Å². The van der Waals surface area contributed by atoms with Crippen molar-refractivity contribution in [3.05, 3.63) is 0 Å². The number of ether oxygens (including phenoxy) is 3. The topological polar surface area (TPSA) is 39.7 Å². The molecule has 0 amide bonds. The molecule has 0 aromatic rings. The molecule has 0 heterocycles. The van der Waals surface area contributed by atoms with Gasteiger partial charge in [0.05, 0.1) is 13.2 Å². The van der Waals surface area contributed by atoms with E-state index in [4.69, 9.17) is 14.2 Å². The van der Waals surface area contributed by atoms with Crippen molar-refractivity contribution < 1.29 is 14.2 Å². The Morgan fingerprint density at radius 3 is 2.31 bits per heavy atom. The van der Waals surface area contributed by atoms with Crippen LogP contribution in [-0.4, -0.2) is 52.7 Å². The van der Waals surface area contributed by atoms with Gasteiger partial charge in [0, 0.05) is 33.0 Å². The summed E-state index contributed by atoms with van der Waals surface area (Å²) in [7, 11) is 1.70. The Hall–Kier alpha value is -0.160. The minimum atomic E-state index is 0.535. The number of nitrogens with one attached hydrogen (secondary N) is 1. The van der Waals surface area contributed by atoms with E-state index in [1.54, 1.807) is 7.11 Å². The number of rotatable bonds is 12. The van der Waals surface area contributed by atoms with Crippen LogP contribution < -0.4 is 5.32 Å². The minimum absolute atomic E-state index is 0.535. The molecule has 0 rings (SSSR count). The van der Waals surface area contributed by atoms with Gasteiger partial charge >= 0.3 is 0 Å². The van der Waals surface area contributed by atoms with Gasteiger partial charge in [-0.25, -0.2) is 0 Å². The molecule has 4 nitrogen and oxygen atoms in total. The molecule has 0 aromatic heterocycles. The minimum Gasteiger partial charge on any atom is -0.385 e. The van der Waals surface area contributed by atoms with E-state index in [-0.39, 0.29) is 0 Å². The zero-order valence-corrected chi connectivity index (χ0v) is 11.0. The number of methoxy groups -OCH3 is 1. The zero-order valence-electron chi connectivity index (χ0n) is 11.0. The fraction of sp³-hybridized carbons (Fsp3) is 1.00. The first-order valence-corrected chi connectivity index (χ1v) is 6.19. The molecule has 0 radical (unpaired) electrons. The van der Waals surface area contributed by atoms with Crippen LogP contribution in [0.1, 0.15) is 26.7 Å². The average Bonchev–Trinajstić information content (AvgIpc) is 2.27. The third-order valence-corrected chi connectivity index (χ3v) is 2.26. The summed E-state index contributed by atoms with van der Waals surface area (Å²) < 4.78 is 15.7. The molecule has 1 N–H and O–H groups in total. The van der Waals surface area contributed by atoms with Crippen molar-refractivity contribution in [2.24, 2.45) is 0 Å². The molecule has 0 aliphatic rings. The highest BCUT2D eigenvalue weighted by Gasteiger charge is 1.98. The summed E-state index contributed by atoms with van der Waals surface area (Å²) in [5, 5.41) is 3.35. The van der Waals surface area contributed by atoms with Crippen LogP contribution in [0.25, 0.3) is 0 Å². The quantitative estimate of drug-likeness (QED) is 0.518. The maximum absolute atomic E-state index is 5.46. The van der Waals surface area contributed by atoms with Crippen LogP contribution in [0.2, 0.25) is 0 Å². The highest BCUT2D eigenvalue weighted by Crippen LogP contribution is 1.91. The molecule has 98 valence electrons. The Morgan fingerprint density at radius 1 is 1.00 bits per heavy atom. The van der Waals surface area contributed by atoms with Crippen molar-refractivity contribution in [3.63, 3.8) is 0 Å². The molecule has 0 saturated carbocycles. The van der Waals surface area contributed by atoms with E-state index in [1.807, 2.05) is 0 Å². The van der Waals surface area contributed by atoms with Crippen molar-refractivity contribution in [1.29, 1.82) is 0 Å². The molecular weight excluding hydrogens is 206 g/mol. The fourth-order valence-electron chi connectivity index (χ4n) is 1.34. The first-order valence-electron chi connectivity index (χ1n) is 6.19. The van der Waals surface area contributed by atoms with Crippen LogP contribution in [-0.2, 0) is 14.2 Å². The van der Waals surface area contributed by atoms with Crippen molar-refractivity contribution >= 4 is 0 Å². The number of hydrogen-bond acceptors (Lipinski definition) is 4. The van der Waals surface area contributed by atoms with Gasteiger partial charge in [-0.05, 0) is 26.3 Å². The highest BCUT2D eigenvalue weighted by atomic mass is 16.5. The molecule has 0 aliphatic heterocycles. The standard InChI is InChI=1S/C12H27NO3/c1-4-13-12(2)6-9-16-11-10-15-8-5-7-14-3/h12-13H,4-11H2,1-3H3. The molecule has 1 unspecified atom stereocenters. The van der Waals surface area contributed by atoms with Gasteiger partial charge in [-0.2, -0.15) is 0 Å². The van der Waals surface area contributed by atoms with Gasteiger partial charge in [-0.3, -0.25) is 0 Å². The van der Waals surface area contributed by atoms with E-state index in [9.17, 15) is 0 Å². The molecule has 0 bridgehead atoms. The third-order valence-electron chi connectivity index (χ3n) is 2.26. The van der Waals surface area contributed by atoms with Gasteiger partial charge in [-0.1, -0.05) is 6.92 Å². The smallest absolute Gasteiger partial charge is 0.0700 e. The average molecular weight is 233 g/mol. The molecule has 0 fully saturated rings. The lowest BCUT2D eigenvalue weighted by atomic mass is 10.2. The van der Waals surface area contributed by atoms with Gasteiger partial charge in [0.15, 0.2) is 0 Å². The molecule has 0 aromatic carbocycles. The zero-order chi connectivity index (χ0) is 12.1. The second kappa shape index (κ2) is 12.9. The fourth-order valence-corrected chi connectivity index (χ4v) is 1.34. The summed E-state index contributed by atoms with van der Waals surface area (Å²) in [5.41, 5.74) is 0. The molecule has 0 aliphatic carbocycles. The lowest BCUT2D eigenvalue weighted by molar-refractivity contribution is 0.0375. The Balaban J connectivity index is 2.98. The lowest BCUT2D eigenvalue weighted by Crippen LogP contribution is -2.27. The van der Waals surface area contributed by atoms with Crippen LogP contribution in [0.5, 0.6) is 0 Å². The maximum atomic E-state index is 5.46. The van der Waals surface area contributed by atoms with Crippen LogP contribution in [0, 0.1) is 0 Å². The van der Waals surface area contributed by atoms with E-state index in [1.165, 1.54) is 0 Å². The lowest BCUT2D eigenvalue weighted by Gasteiger charge is -2.12. The summed E-state index contributed by atoms with van der Waals surface area (Å²) in [6.45, 7) is 9.00. The molecule has 1 atom stereocenters. The van der Waals surface area contributed by atoms with E-state index < -0.39 is 0 Å². The predicted molar refractivity (Wildman–Crippen MR) is 65.9 cm³/mol. The van der Waals surface area contributed by atoms with Crippen molar-refractivity contribution in [3.8, 4) is 0 Å². The van der Waals surface area contributed by atoms with E-state index in [0.29, 0.717) is 19.3 Å². The maximum Gasteiger partial charge on any atom is 0.0700 e. The molecule has 0 saturated heterocycles. The second-order valence-corrected chi connectivity index (χ2v) is 3.82. The Kier molecular flexibility index (Phi) is 12.8.